The predicted octanol–water partition coefficient (Wildman–Crippen LogP) is 2.19. The fourth-order valence-electron chi connectivity index (χ4n) is 7.57. The number of rotatable bonds is 7. The van der Waals surface area contributed by atoms with Gasteiger partial charge in [-0.25, -0.2) is 15.2 Å². The van der Waals surface area contributed by atoms with E-state index in [1.54, 1.807) is 11.9 Å². The first kappa shape index (κ1) is 26.4. The summed E-state index contributed by atoms with van der Waals surface area (Å²) < 4.78 is 0. The highest BCUT2D eigenvalue weighted by Gasteiger charge is 2.55. The second kappa shape index (κ2) is 11.6. The number of hydrazine groups is 1. The summed E-state index contributed by atoms with van der Waals surface area (Å²) in [6.07, 6.45) is 14.8. The van der Waals surface area contributed by atoms with Crippen LogP contribution in [0.25, 0.3) is 0 Å². The minimum Gasteiger partial charge on any atom is -0.326 e. The molecule has 5 atom stereocenters. The smallest absolute Gasteiger partial charge is 0.326 e. The topological polar surface area (TPSA) is 106 Å². The van der Waals surface area contributed by atoms with Gasteiger partial charge in [0, 0.05) is 38.3 Å². The first-order valence-electron chi connectivity index (χ1n) is 14.8. The minimum absolute atomic E-state index is 0.0821. The predicted molar refractivity (Wildman–Crippen MR) is 141 cm³/mol. The number of hydrogen-bond donors (Lipinski definition) is 4. The number of carbonyl (C=O) groups is 2. The number of piperidine rings is 1. The van der Waals surface area contributed by atoms with Gasteiger partial charge in [0.2, 0.25) is 5.91 Å². The molecule has 5 unspecified atom stereocenters. The third-order valence-corrected chi connectivity index (χ3v) is 9.56. The van der Waals surface area contributed by atoms with E-state index in [0.29, 0.717) is 24.5 Å². The monoisotopic (exact) mass is 503 g/mol. The number of fused-ring (bicyclic) bond motifs is 1. The SMILES string of the molecule is CC(N)CN1C(=O)N(C)C(=O)C2C(NC3CCCCC3)N(CC3CCC(C4CCCCN4)CC3)NC21. The molecule has 3 amide bonds. The number of imide groups is 1. The highest BCUT2D eigenvalue weighted by molar-refractivity contribution is 5.98. The standard InChI is InChI=1S/C27H49N7O2/c1-18(28)16-33-25-23(26(35)32(2)27(33)36)24(30-21-8-4-3-5-9-21)34(31-25)17-19-11-13-20(14-12-19)22-10-6-7-15-29-22/h18-25,29-31H,3-17,28H2,1-2H3. The first-order chi connectivity index (χ1) is 17.4. The Morgan fingerprint density at radius 3 is 2.39 bits per heavy atom. The van der Waals surface area contributed by atoms with Gasteiger partial charge < -0.3 is 16.0 Å². The minimum atomic E-state index is -0.337. The van der Waals surface area contributed by atoms with Crippen LogP contribution in [0.1, 0.15) is 84.0 Å². The normalized spacial score (nSPS) is 37.9. The molecule has 0 spiro atoms. The fraction of sp³-hybridized carbons (Fsp3) is 0.926. The Hall–Kier alpha value is -1.26. The highest BCUT2D eigenvalue weighted by atomic mass is 16.2. The molecule has 5 aliphatic rings. The molecule has 5 fully saturated rings. The third-order valence-electron chi connectivity index (χ3n) is 9.56. The van der Waals surface area contributed by atoms with Crippen LogP contribution in [0.2, 0.25) is 0 Å². The Morgan fingerprint density at radius 1 is 1.00 bits per heavy atom. The van der Waals surface area contributed by atoms with Crippen molar-refractivity contribution >= 4 is 11.9 Å². The Bertz CT molecular complexity index is 759. The molecule has 0 aromatic heterocycles. The van der Waals surface area contributed by atoms with Crippen molar-refractivity contribution in [2.45, 2.75) is 114 Å². The lowest BCUT2D eigenvalue weighted by molar-refractivity contribution is -0.138. The summed E-state index contributed by atoms with van der Waals surface area (Å²) in [7, 11) is 1.62. The van der Waals surface area contributed by atoms with Crippen molar-refractivity contribution in [3.63, 3.8) is 0 Å². The van der Waals surface area contributed by atoms with Gasteiger partial charge in [0.1, 0.15) is 12.1 Å². The third kappa shape index (κ3) is 5.60. The van der Waals surface area contributed by atoms with Crippen molar-refractivity contribution in [1.29, 1.82) is 0 Å². The fourth-order valence-corrected chi connectivity index (χ4v) is 7.57. The van der Waals surface area contributed by atoms with Crippen LogP contribution < -0.4 is 21.8 Å². The zero-order chi connectivity index (χ0) is 25.2. The van der Waals surface area contributed by atoms with Crippen LogP contribution in [0, 0.1) is 17.8 Å². The molecule has 0 aromatic carbocycles. The van der Waals surface area contributed by atoms with Gasteiger partial charge in [0.15, 0.2) is 0 Å². The van der Waals surface area contributed by atoms with Crippen molar-refractivity contribution in [2.24, 2.45) is 23.5 Å². The zero-order valence-electron chi connectivity index (χ0n) is 22.5. The van der Waals surface area contributed by atoms with Crippen LogP contribution in [-0.2, 0) is 4.79 Å². The lowest BCUT2D eigenvalue weighted by atomic mass is 9.76. The zero-order valence-corrected chi connectivity index (χ0v) is 22.5. The quantitative estimate of drug-likeness (QED) is 0.422. The number of nitrogens with two attached hydrogens (primary N) is 1. The van der Waals surface area contributed by atoms with Gasteiger partial charge >= 0.3 is 6.03 Å². The van der Waals surface area contributed by atoms with Gasteiger partial charge in [-0.1, -0.05) is 25.7 Å². The van der Waals surface area contributed by atoms with Crippen LogP contribution in [0.5, 0.6) is 0 Å². The molecule has 36 heavy (non-hydrogen) atoms. The summed E-state index contributed by atoms with van der Waals surface area (Å²) in [4.78, 5) is 29.7. The molecule has 0 radical (unpaired) electrons. The number of urea groups is 1. The molecule has 5 rings (SSSR count). The van der Waals surface area contributed by atoms with E-state index in [-0.39, 0.29) is 36.2 Å². The van der Waals surface area contributed by atoms with E-state index in [2.05, 4.69) is 21.1 Å². The molecule has 3 aliphatic heterocycles. The van der Waals surface area contributed by atoms with Crippen LogP contribution in [0.3, 0.4) is 0 Å². The van der Waals surface area contributed by atoms with Gasteiger partial charge in [-0.3, -0.25) is 15.0 Å². The molecule has 9 heteroatoms. The van der Waals surface area contributed by atoms with Gasteiger partial charge in [0.25, 0.3) is 0 Å². The van der Waals surface area contributed by atoms with E-state index in [9.17, 15) is 9.59 Å². The number of nitrogens with zero attached hydrogens (tertiary/aromatic N) is 3. The van der Waals surface area contributed by atoms with Crippen LogP contribution in [-0.4, -0.2) is 83.9 Å². The maximum absolute atomic E-state index is 13.5. The maximum Gasteiger partial charge on any atom is 0.327 e. The molecule has 3 saturated heterocycles. The summed E-state index contributed by atoms with van der Waals surface area (Å²) in [6.45, 7) is 4.45. The first-order valence-corrected chi connectivity index (χ1v) is 14.8. The Labute approximate surface area is 217 Å². The summed E-state index contributed by atoms with van der Waals surface area (Å²) in [5, 5.41) is 9.97. The second-order valence-electron chi connectivity index (χ2n) is 12.3. The summed E-state index contributed by atoms with van der Waals surface area (Å²) in [5.74, 6) is 1.01. The molecule has 2 aliphatic carbocycles. The van der Waals surface area contributed by atoms with Crippen molar-refractivity contribution in [1.82, 2.24) is 30.9 Å². The largest absolute Gasteiger partial charge is 0.327 e. The average Bonchev–Trinajstić information content (AvgIpc) is 3.24. The molecule has 3 heterocycles. The molecule has 204 valence electrons. The lowest BCUT2D eigenvalue weighted by Gasteiger charge is -2.42. The number of amides is 3. The Morgan fingerprint density at radius 2 is 1.72 bits per heavy atom. The van der Waals surface area contributed by atoms with Crippen molar-refractivity contribution < 1.29 is 9.59 Å². The van der Waals surface area contributed by atoms with Crippen LogP contribution in [0.4, 0.5) is 4.79 Å². The Balaban J connectivity index is 1.29. The van der Waals surface area contributed by atoms with Crippen molar-refractivity contribution in [3.8, 4) is 0 Å². The molecule has 5 N–H and O–H groups in total. The molecule has 0 bridgehead atoms. The number of hydrogen-bond acceptors (Lipinski definition) is 7. The lowest BCUT2D eigenvalue weighted by Crippen LogP contribution is -2.65. The van der Waals surface area contributed by atoms with Crippen molar-refractivity contribution in [2.75, 3.05) is 26.7 Å². The highest BCUT2D eigenvalue weighted by Crippen LogP contribution is 2.37. The average molecular weight is 504 g/mol. The molecule has 9 nitrogen and oxygen atoms in total. The van der Waals surface area contributed by atoms with E-state index in [1.165, 1.54) is 75.7 Å². The van der Waals surface area contributed by atoms with Gasteiger partial charge in [-0.2, -0.15) is 0 Å². The molecule has 2 saturated carbocycles. The van der Waals surface area contributed by atoms with E-state index in [1.807, 2.05) is 6.92 Å². The summed E-state index contributed by atoms with van der Waals surface area (Å²) in [5.41, 5.74) is 9.78. The Kier molecular flexibility index (Phi) is 8.52. The van der Waals surface area contributed by atoms with Crippen LogP contribution in [0.15, 0.2) is 0 Å². The van der Waals surface area contributed by atoms with Gasteiger partial charge in [0.05, 0.1) is 6.17 Å². The van der Waals surface area contributed by atoms with E-state index < -0.39 is 0 Å². The molecule has 0 aromatic rings. The summed E-state index contributed by atoms with van der Waals surface area (Å²) in [6, 6.07) is 0.738. The van der Waals surface area contributed by atoms with Crippen molar-refractivity contribution in [3.05, 3.63) is 0 Å². The molecular weight excluding hydrogens is 454 g/mol. The van der Waals surface area contributed by atoms with Gasteiger partial charge in [-0.05, 0) is 76.7 Å². The van der Waals surface area contributed by atoms with Gasteiger partial charge in [-0.15, -0.1) is 0 Å². The van der Waals surface area contributed by atoms with E-state index in [4.69, 9.17) is 5.73 Å². The number of carbonyl (C=O) groups excluding carboxylic acids is 2. The number of nitrogens with one attached hydrogen (secondary N) is 3. The maximum atomic E-state index is 13.5. The van der Waals surface area contributed by atoms with E-state index >= 15 is 0 Å². The molecular formula is C27H49N7O2. The summed E-state index contributed by atoms with van der Waals surface area (Å²) >= 11 is 0. The van der Waals surface area contributed by atoms with E-state index in [0.717, 1.165) is 25.3 Å². The van der Waals surface area contributed by atoms with Crippen LogP contribution >= 0.6 is 0 Å². The second-order valence-corrected chi connectivity index (χ2v) is 12.3.